The summed E-state index contributed by atoms with van der Waals surface area (Å²) in [6, 6.07) is 10.5. The van der Waals surface area contributed by atoms with Crippen LogP contribution in [0.5, 0.6) is 5.75 Å². The number of carbonyl (C=O) groups is 1. The molecule has 2 aromatic rings. The van der Waals surface area contributed by atoms with Gasteiger partial charge in [0, 0.05) is 17.8 Å². The van der Waals surface area contributed by atoms with Crippen molar-refractivity contribution in [2.45, 2.75) is 13.5 Å². The lowest BCUT2D eigenvalue weighted by molar-refractivity contribution is 0.0950. The van der Waals surface area contributed by atoms with E-state index in [1.807, 2.05) is 47.7 Å². The lowest BCUT2D eigenvalue weighted by Gasteiger charge is -2.10. The van der Waals surface area contributed by atoms with Crippen molar-refractivity contribution in [3.8, 4) is 5.75 Å². The third-order valence-corrected chi connectivity index (χ3v) is 4.05. The second-order valence-corrected chi connectivity index (χ2v) is 5.64. The summed E-state index contributed by atoms with van der Waals surface area (Å²) in [4.78, 5) is 12.0. The molecule has 0 aliphatic rings. The first-order chi connectivity index (χ1) is 9.49. The van der Waals surface area contributed by atoms with Gasteiger partial charge < -0.3 is 16.2 Å². The van der Waals surface area contributed by atoms with Crippen molar-refractivity contribution in [1.82, 2.24) is 5.32 Å². The number of halogens is 1. The molecule has 0 bridgehead atoms. The van der Waals surface area contributed by atoms with Crippen molar-refractivity contribution in [2.24, 2.45) is 0 Å². The van der Waals surface area contributed by atoms with Gasteiger partial charge in [0.2, 0.25) is 0 Å². The number of amides is 1. The first kappa shape index (κ1) is 14.6. The lowest BCUT2D eigenvalue weighted by Crippen LogP contribution is -2.23. The molecule has 0 fully saturated rings. The molecule has 0 unspecified atom stereocenters. The molecule has 0 spiro atoms. The number of phenols is 1. The summed E-state index contributed by atoms with van der Waals surface area (Å²) in [6.07, 6.45) is 0. The van der Waals surface area contributed by atoms with Gasteiger partial charge in [0.15, 0.2) is 0 Å². The maximum absolute atomic E-state index is 12.0. The highest BCUT2D eigenvalue weighted by molar-refractivity contribution is 14.1. The summed E-state index contributed by atoms with van der Waals surface area (Å²) in [5, 5.41) is 12.4. The van der Waals surface area contributed by atoms with E-state index in [0.717, 1.165) is 11.1 Å². The maximum atomic E-state index is 12.0. The molecule has 0 heterocycles. The normalized spacial score (nSPS) is 10.3. The van der Waals surface area contributed by atoms with Gasteiger partial charge in [0.05, 0.1) is 3.57 Å². The van der Waals surface area contributed by atoms with Gasteiger partial charge in [0.1, 0.15) is 5.75 Å². The van der Waals surface area contributed by atoms with Crippen LogP contribution in [0.3, 0.4) is 0 Å². The molecule has 104 valence electrons. The molecular weight excluding hydrogens is 367 g/mol. The van der Waals surface area contributed by atoms with Crippen molar-refractivity contribution in [2.75, 3.05) is 5.73 Å². The van der Waals surface area contributed by atoms with Crippen LogP contribution in [0.15, 0.2) is 36.4 Å². The van der Waals surface area contributed by atoms with E-state index in [1.54, 1.807) is 12.1 Å². The molecule has 0 aliphatic carbocycles. The van der Waals surface area contributed by atoms with Crippen LogP contribution in [-0.2, 0) is 6.54 Å². The van der Waals surface area contributed by atoms with E-state index in [9.17, 15) is 9.90 Å². The van der Waals surface area contributed by atoms with Crippen LogP contribution in [0.4, 0.5) is 5.69 Å². The SMILES string of the molecule is Cc1c(N)cccc1CNC(=O)c1ccc(I)c(O)c1. The number of nitrogens with two attached hydrogens (primary N) is 1. The molecule has 0 radical (unpaired) electrons. The first-order valence-corrected chi connectivity index (χ1v) is 7.17. The number of nitrogens with one attached hydrogen (secondary N) is 1. The highest BCUT2D eigenvalue weighted by Crippen LogP contribution is 2.20. The van der Waals surface area contributed by atoms with E-state index in [-0.39, 0.29) is 11.7 Å². The van der Waals surface area contributed by atoms with Gasteiger partial charge >= 0.3 is 0 Å². The van der Waals surface area contributed by atoms with E-state index in [1.165, 1.54) is 6.07 Å². The lowest BCUT2D eigenvalue weighted by atomic mass is 10.1. The molecular formula is C15H15IN2O2. The minimum atomic E-state index is -0.224. The van der Waals surface area contributed by atoms with Crippen LogP contribution in [0, 0.1) is 10.5 Å². The Morgan fingerprint density at radius 2 is 2.10 bits per heavy atom. The van der Waals surface area contributed by atoms with Gasteiger partial charge in [-0.25, -0.2) is 0 Å². The Morgan fingerprint density at radius 3 is 2.80 bits per heavy atom. The van der Waals surface area contributed by atoms with Crippen molar-refractivity contribution in [1.29, 1.82) is 0 Å². The largest absolute Gasteiger partial charge is 0.507 e. The van der Waals surface area contributed by atoms with Crippen LogP contribution in [0.25, 0.3) is 0 Å². The topological polar surface area (TPSA) is 75.3 Å². The molecule has 2 aromatic carbocycles. The maximum Gasteiger partial charge on any atom is 0.251 e. The summed E-state index contributed by atoms with van der Waals surface area (Å²) in [6.45, 7) is 2.33. The van der Waals surface area contributed by atoms with Crippen LogP contribution in [0.2, 0.25) is 0 Å². The Labute approximate surface area is 131 Å². The third-order valence-electron chi connectivity index (χ3n) is 3.14. The third kappa shape index (κ3) is 3.22. The summed E-state index contributed by atoms with van der Waals surface area (Å²) in [7, 11) is 0. The monoisotopic (exact) mass is 382 g/mol. The Balaban J connectivity index is 2.08. The molecule has 5 heteroatoms. The van der Waals surface area contributed by atoms with Crippen molar-refractivity contribution in [3.63, 3.8) is 0 Å². The van der Waals surface area contributed by atoms with Gasteiger partial charge in [-0.3, -0.25) is 4.79 Å². The fourth-order valence-electron chi connectivity index (χ4n) is 1.83. The van der Waals surface area contributed by atoms with Gasteiger partial charge in [-0.05, 0) is 64.9 Å². The van der Waals surface area contributed by atoms with Gasteiger partial charge in [0.25, 0.3) is 5.91 Å². The second-order valence-electron chi connectivity index (χ2n) is 4.48. The van der Waals surface area contributed by atoms with E-state index in [2.05, 4.69) is 5.32 Å². The zero-order chi connectivity index (χ0) is 14.7. The predicted octanol–water partition coefficient (Wildman–Crippen LogP) is 2.82. The number of nitrogen functional groups attached to an aromatic ring is 1. The molecule has 0 saturated heterocycles. The quantitative estimate of drug-likeness (QED) is 0.565. The molecule has 0 atom stereocenters. The second kappa shape index (κ2) is 6.13. The smallest absolute Gasteiger partial charge is 0.251 e. The van der Waals surface area contributed by atoms with Crippen molar-refractivity contribution in [3.05, 3.63) is 56.7 Å². The molecule has 1 amide bonds. The summed E-state index contributed by atoms with van der Waals surface area (Å²) < 4.78 is 0.714. The minimum absolute atomic E-state index is 0.110. The Hall–Kier alpha value is -1.76. The molecule has 0 saturated carbocycles. The van der Waals surface area contributed by atoms with Crippen LogP contribution >= 0.6 is 22.6 Å². The average Bonchev–Trinajstić information content (AvgIpc) is 2.43. The predicted molar refractivity (Wildman–Crippen MR) is 87.6 cm³/mol. The Morgan fingerprint density at radius 1 is 1.35 bits per heavy atom. The van der Waals surface area contributed by atoms with E-state index in [0.29, 0.717) is 21.4 Å². The van der Waals surface area contributed by atoms with Crippen molar-refractivity contribution >= 4 is 34.2 Å². The number of benzene rings is 2. The van der Waals surface area contributed by atoms with Gasteiger partial charge in [-0.2, -0.15) is 0 Å². The number of rotatable bonds is 3. The fraction of sp³-hybridized carbons (Fsp3) is 0.133. The minimum Gasteiger partial charge on any atom is -0.507 e. The molecule has 4 nitrogen and oxygen atoms in total. The zero-order valence-electron chi connectivity index (χ0n) is 11.0. The standard InChI is InChI=1S/C15H15IN2O2/c1-9-11(3-2-4-13(9)17)8-18-15(20)10-5-6-12(16)14(19)7-10/h2-7,19H,8,17H2,1H3,(H,18,20). The van der Waals surface area contributed by atoms with Crippen LogP contribution in [-0.4, -0.2) is 11.0 Å². The van der Waals surface area contributed by atoms with E-state index < -0.39 is 0 Å². The number of hydrogen-bond acceptors (Lipinski definition) is 3. The highest BCUT2D eigenvalue weighted by Gasteiger charge is 2.09. The number of hydrogen-bond donors (Lipinski definition) is 3. The number of anilines is 1. The van der Waals surface area contributed by atoms with E-state index in [4.69, 9.17) is 5.73 Å². The van der Waals surface area contributed by atoms with Crippen LogP contribution < -0.4 is 11.1 Å². The molecule has 0 aliphatic heterocycles. The number of carbonyl (C=O) groups excluding carboxylic acids is 1. The highest BCUT2D eigenvalue weighted by atomic mass is 127. The van der Waals surface area contributed by atoms with E-state index >= 15 is 0 Å². The van der Waals surface area contributed by atoms with Crippen molar-refractivity contribution < 1.29 is 9.90 Å². The Kier molecular flexibility index (Phi) is 4.49. The molecule has 2 rings (SSSR count). The average molecular weight is 382 g/mol. The fourth-order valence-corrected chi connectivity index (χ4v) is 2.16. The van der Waals surface area contributed by atoms with Gasteiger partial charge in [-0.15, -0.1) is 0 Å². The summed E-state index contributed by atoms with van der Waals surface area (Å²) >= 11 is 2.01. The number of phenolic OH excluding ortho intramolecular Hbond substituents is 1. The molecule has 0 aromatic heterocycles. The number of aromatic hydroxyl groups is 1. The summed E-state index contributed by atoms with van der Waals surface area (Å²) in [5.41, 5.74) is 8.92. The first-order valence-electron chi connectivity index (χ1n) is 6.09. The van der Waals surface area contributed by atoms with Crippen LogP contribution in [0.1, 0.15) is 21.5 Å². The zero-order valence-corrected chi connectivity index (χ0v) is 13.1. The summed E-state index contributed by atoms with van der Waals surface area (Å²) in [5.74, 6) is -0.114. The molecule has 20 heavy (non-hydrogen) atoms. The molecule has 4 N–H and O–H groups in total. The van der Waals surface area contributed by atoms with Gasteiger partial charge in [-0.1, -0.05) is 12.1 Å². The Bertz CT molecular complexity index is 656.